The molecule has 7 nitrogen and oxygen atoms in total. The van der Waals surface area contributed by atoms with Gasteiger partial charge in [0.1, 0.15) is 22.8 Å². The van der Waals surface area contributed by atoms with E-state index in [1.165, 1.54) is 19.2 Å². The third-order valence-electron chi connectivity index (χ3n) is 5.58. The molecule has 0 radical (unpaired) electrons. The van der Waals surface area contributed by atoms with E-state index in [0.717, 1.165) is 27.5 Å². The van der Waals surface area contributed by atoms with E-state index in [9.17, 15) is 4.39 Å². The summed E-state index contributed by atoms with van der Waals surface area (Å²) in [4.78, 5) is 16.7. The molecular weight excluding hydrogens is 419 g/mol. The first-order valence-electron chi connectivity index (χ1n) is 10.3. The van der Waals surface area contributed by atoms with Crippen molar-refractivity contribution >= 4 is 21.9 Å². The zero-order valence-electron chi connectivity index (χ0n) is 17.5. The Morgan fingerprint density at radius 3 is 2.55 bits per heavy atom. The Kier molecular flexibility index (Phi) is 4.36. The lowest BCUT2D eigenvalue weighted by Gasteiger charge is -2.05. The van der Waals surface area contributed by atoms with E-state index < -0.39 is 5.82 Å². The van der Waals surface area contributed by atoms with Crippen molar-refractivity contribution in [2.75, 3.05) is 7.11 Å². The molecule has 0 aliphatic carbocycles. The number of aromatic amines is 2. The second kappa shape index (κ2) is 7.52. The summed E-state index contributed by atoms with van der Waals surface area (Å²) in [5, 5.41) is 8.52. The molecule has 0 saturated carbocycles. The van der Waals surface area contributed by atoms with Gasteiger partial charge in [-0.3, -0.25) is 15.1 Å². The summed E-state index contributed by atoms with van der Waals surface area (Å²) in [6.45, 7) is 0. The Morgan fingerprint density at radius 1 is 0.818 bits per heavy atom. The highest BCUT2D eigenvalue weighted by atomic mass is 19.1. The molecule has 2 N–H and O–H groups in total. The Hall–Kier alpha value is -4.59. The highest BCUT2D eigenvalue weighted by molar-refractivity contribution is 5.97. The Labute approximate surface area is 187 Å². The van der Waals surface area contributed by atoms with Gasteiger partial charge >= 0.3 is 0 Å². The van der Waals surface area contributed by atoms with Gasteiger partial charge in [0, 0.05) is 35.6 Å². The molecule has 4 aromatic heterocycles. The van der Waals surface area contributed by atoms with Crippen LogP contribution >= 0.6 is 0 Å². The molecule has 0 aliphatic rings. The highest BCUT2D eigenvalue weighted by Crippen LogP contribution is 2.33. The molecule has 8 heteroatoms. The van der Waals surface area contributed by atoms with E-state index in [0.29, 0.717) is 34.0 Å². The molecule has 0 atom stereocenters. The van der Waals surface area contributed by atoms with Gasteiger partial charge in [-0.1, -0.05) is 6.07 Å². The maximum absolute atomic E-state index is 14.1. The predicted octanol–water partition coefficient (Wildman–Crippen LogP) is 5.38. The van der Waals surface area contributed by atoms with Crippen molar-refractivity contribution in [3.05, 3.63) is 79.0 Å². The number of ether oxygens (including phenoxy) is 1. The summed E-state index contributed by atoms with van der Waals surface area (Å²) in [6.07, 6.45) is 5.21. The summed E-state index contributed by atoms with van der Waals surface area (Å²) < 4.78 is 19.3. The van der Waals surface area contributed by atoms with Crippen molar-refractivity contribution in [1.29, 1.82) is 0 Å². The number of halogens is 1. The number of hydrogen-bond acceptors (Lipinski definition) is 5. The molecule has 33 heavy (non-hydrogen) atoms. The topological polar surface area (TPSA) is 92.4 Å². The Balaban J connectivity index is 1.50. The molecule has 2 aromatic carbocycles. The normalized spacial score (nSPS) is 11.3. The van der Waals surface area contributed by atoms with E-state index in [2.05, 4.69) is 31.2 Å². The van der Waals surface area contributed by atoms with Crippen molar-refractivity contribution in [2.24, 2.45) is 0 Å². The largest absolute Gasteiger partial charge is 0.497 e. The molecule has 0 saturated heterocycles. The van der Waals surface area contributed by atoms with Crippen molar-refractivity contribution in [1.82, 2.24) is 30.1 Å². The van der Waals surface area contributed by atoms with Crippen LogP contribution in [0.2, 0.25) is 0 Å². The SMILES string of the molecule is COc1cc(F)cc(-c2nccc3[nH]c(-c4n[nH]c5ccc(-c6ccncc6)cc45)nc23)c1. The van der Waals surface area contributed by atoms with Gasteiger partial charge in [0.15, 0.2) is 5.82 Å². The van der Waals surface area contributed by atoms with Crippen LogP contribution in [0.15, 0.2) is 73.2 Å². The average molecular weight is 436 g/mol. The quantitative estimate of drug-likeness (QED) is 0.387. The summed E-state index contributed by atoms with van der Waals surface area (Å²) in [5.74, 6) is 0.614. The first-order valence-corrected chi connectivity index (χ1v) is 10.3. The molecule has 4 heterocycles. The first kappa shape index (κ1) is 19.1. The fraction of sp³-hybridized carbons (Fsp3) is 0.0400. The number of fused-ring (bicyclic) bond motifs is 2. The van der Waals surface area contributed by atoms with Gasteiger partial charge in [-0.05, 0) is 53.6 Å². The molecule has 160 valence electrons. The van der Waals surface area contributed by atoms with Gasteiger partial charge in [0.05, 0.1) is 23.8 Å². The molecule has 0 unspecified atom stereocenters. The van der Waals surface area contributed by atoms with Gasteiger partial charge in [-0.2, -0.15) is 5.10 Å². The van der Waals surface area contributed by atoms with Crippen LogP contribution < -0.4 is 4.74 Å². The van der Waals surface area contributed by atoms with Gasteiger partial charge < -0.3 is 9.72 Å². The minimum Gasteiger partial charge on any atom is -0.497 e. The Morgan fingerprint density at radius 2 is 1.70 bits per heavy atom. The molecule has 0 aliphatic heterocycles. The summed E-state index contributed by atoms with van der Waals surface area (Å²) in [5.41, 5.74) is 6.26. The lowest BCUT2D eigenvalue weighted by atomic mass is 10.0. The average Bonchev–Trinajstić information content (AvgIpc) is 3.47. The standard InChI is InChI=1S/C25H17FN6O/c1-33-18-11-16(10-17(26)13-18)22-24-21(6-9-28-22)29-25(30-24)23-19-12-15(2-3-20(19)31-32-23)14-4-7-27-8-5-14/h2-13H,1H3,(H,29,30)(H,31,32). The minimum atomic E-state index is -0.402. The third-order valence-corrected chi connectivity index (χ3v) is 5.58. The van der Waals surface area contributed by atoms with Crippen LogP contribution in [0.5, 0.6) is 5.75 Å². The second-order valence-corrected chi connectivity index (χ2v) is 7.59. The lowest BCUT2D eigenvalue weighted by molar-refractivity contribution is 0.411. The zero-order chi connectivity index (χ0) is 22.4. The molecule has 0 fully saturated rings. The molecule has 0 spiro atoms. The van der Waals surface area contributed by atoms with E-state index in [4.69, 9.17) is 9.72 Å². The summed E-state index contributed by atoms with van der Waals surface area (Å²) >= 11 is 0. The van der Waals surface area contributed by atoms with Gasteiger partial charge in [0.2, 0.25) is 0 Å². The van der Waals surface area contributed by atoms with E-state index >= 15 is 0 Å². The highest BCUT2D eigenvalue weighted by Gasteiger charge is 2.17. The van der Waals surface area contributed by atoms with Crippen LogP contribution in [0, 0.1) is 5.82 Å². The van der Waals surface area contributed by atoms with Crippen molar-refractivity contribution < 1.29 is 9.13 Å². The van der Waals surface area contributed by atoms with Gasteiger partial charge in [-0.25, -0.2) is 9.37 Å². The fourth-order valence-corrected chi connectivity index (χ4v) is 3.99. The number of nitrogens with zero attached hydrogens (tertiary/aromatic N) is 4. The molecular formula is C25H17FN6O. The summed E-state index contributed by atoms with van der Waals surface area (Å²) in [7, 11) is 1.50. The Bertz CT molecular complexity index is 1620. The lowest BCUT2D eigenvalue weighted by Crippen LogP contribution is -1.90. The van der Waals surface area contributed by atoms with Crippen LogP contribution in [-0.2, 0) is 0 Å². The van der Waals surface area contributed by atoms with Crippen LogP contribution in [0.4, 0.5) is 4.39 Å². The number of imidazole rings is 1. The van der Waals surface area contributed by atoms with Crippen LogP contribution in [-0.4, -0.2) is 37.2 Å². The van der Waals surface area contributed by atoms with E-state index in [-0.39, 0.29) is 0 Å². The van der Waals surface area contributed by atoms with Crippen molar-refractivity contribution in [2.45, 2.75) is 0 Å². The monoisotopic (exact) mass is 436 g/mol. The van der Waals surface area contributed by atoms with Crippen LogP contribution in [0.1, 0.15) is 0 Å². The first-order chi connectivity index (χ1) is 16.2. The number of H-pyrrole nitrogens is 2. The number of rotatable bonds is 4. The second-order valence-electron chi connectivity index (χ2n) is 7.59. The van der Waals surface area contributed by atoms with Gasteiger partial charge in [0.25, 0.3) is 0 Å². The third kappa shape index (κ3) is 3.28. The molecule has 6 aromatic rings. The van der Waals surface area contributed by atoms with Crippen molar-refractivity contribution in [3.8, 4) is 39.7 Å². The van der Waals surface area contributed by atoms with Crippen molar-refractivity contribution in [3.63, 3.8) is 0 Å². The fourth-order valence-electron chi connectivity index (χ4n) is 3.99. The number of benzene rings is 2. The molecule has 0 bridgehead atoms. The van der Waals surface area contributed by atoms with E-state index in [1.807, 2.05) is 30.3 Å². The van der Waals surface area contributed by atoms with E-state index in [1.54, 1.807) is 24.7 Å². The maximum Gasteiger partial charge on any atom is 0.159 e. The maximum atomic E-state index is 14.1. The van der Waals surface area contributed by atoms with Crippen LogP contribution in [0.25, 0.3) is 55.8 Å². The molecule has 6 rings (SSSR count). The number of aromatic nitrogens is 6. The number of pyridine rings is 2. The molecule has 0 amide bonds. The smallest absolute Gasteiger partial charge is 0.159 e. The predicted molar refractivity (Wildman–Crippen MR) is 124 cm³/mol. The number of nitrogens with one attached hydrogen (secondary N) is 2. The number of hydrogen-bond donors (Lipinski definition) is 2. The van der Waals surface area contributed by atoms with Crippen LogP contribution in [0.3, 0.4) is 0 Å². The number of methoxy groups -OCH3 is 1. The summed E-state index contributed by atoms with van der Waals surface area (Å²) in [6, 6.07) is 16.4. The minimum absolute atomic E-state index is 0.402. The zero-order valence-corrected chi connectivity index (χ0v) is 17.5. The van der Waals surface area contributed by atoms with Gasteiger partial charge in [-0.15, -0.1) is 0 Å².